The van der Waals surface area contributed by atoms with Crippen LogP contribution in [0, 0.1) is 0 Å². The smallest absolute Gasteiger partial charge is 0.319 e. The van der Waals surface area contributed by atoms with Crippen LogP contribution in [0.2, 0.25) is 5.02 Å². The molecule has 0 aliphatic carbocycles. The molecule has 4 amide bonds. The van der Waals surface area contributed by atoms with Crippen LogP contribution in [0.25, 0.3) is 0 Å². The number of urea groups is 1. The first-order chi connectivity index (χ1) is 15.0. The first-order valence-corrected chi connectivity index (χ1v) is 9.95. The van der Waals surface area contributed by atoms with Crippen LogP contribution in [-0.4, -0.2) is 24.4 Å². The van der Waals surface area contributed by atoms with E-state index in [1.807, 2.05) is 18.2 Å². The van der Waals surface area contributed by atoms with Gasteiger partial charge in [0.1, 0.15) is 0 Å². The maximum Gasteiger partial charge on any atom is 0.319 e. The van der Waals surface area contributed by atoms with Crippen molar-refractivity contribution in [1.82, 2.24) is 5.32 Å². The van der Waals surface area contributed by atoms with Crippen LogP contribution >= 0.6 is 11.6 Å². The molecule has 0 heterocycles. The van der Waals surface area contributed by atoms with Crippen molar-refractivity contribution < 1.29 is 14.4 Å². The van der Waals surface area contributed by atoms with Crippen molar-refractivity contribution in [2.45, 2.75) is 6.42 Å². The third-order valence-electron chi connectivity index (χ3n) is 4.22. The van der Waals surface area contributed by atoms with E-state index >= 15 is 0 Å². The third-order valence-corrected chi connectivity index (χ3v) is 4.47. The van der Waals surface area contributed by atoms with E-state index in [-0.39, 0.29) is 24.8 Å². The van der Waals surface area contributed by atoms with Crippen molar-refractivity contribution >= 4 is 46.5 Å². The molecule has 0 fully saturated rings. The number of para-hydroxylation sites is 2. The summed E-state index contributed by atoms with van der Waals surface area (Å²) in [6, 6.07) is 22.0. The Hall–Kier alpha value is -3.84. The second-order valence-corrected chi connectivity index (χ2v) is 6.99. The van der Waals surface area contributed by atoms with Gasteiger partial charge < -0.3 is 21.3 Å². The highest BCUT2D eigenvalue weighted by Crippen LogP contribution is 2.19. The van der Waals surface area contributed by atoms with E-state index in [0.29, 0.717) is 27.6 Å². The zero-order valence-corrected chi connectivity index (χ0v) is 17.3. The highest BCUT2D eigenvalue weighted by atomic mass is 35.5. The SMILES string of the molecule is O=C(CCNC(=O)Nc1ccccc1)Nc1ccccc1C(=O)Nc1ccc(Cl)cc1. The van der Waals surface area contributed by atoms with Crippen molar-refractivity contribution in [2.24, 2.45) is 0 Å². The predicted molar refractivity (Wildman–Crippen MR) is 123 cm³/mol. The van der Waals surface area contributed by atoms with Crippen LogP contribution in [0.3, 0.4) is 0 Å². The number of carbonyl (C=O) groups excluding carboxylic acids is 3. The van der Waals surface area contributed by atoms with Crippen molar-refractivity contribution in [1.29, 1.82) is 0 Å². The first kappa shape index (κ1) is 21.9. The standard InChI is InChI=1S/C23H21ClN4O3/c24-16-10-12-18(13-11-16)26-22(30)19-8-4-5-9-20(19)28-21(29)14-15-25-23(31)27-17-6-2-1-3-7-17/h1-13H,14-15H2,(H,26,30)(H,28,29)(H2,25,27,31). The van der Waals surface area contributed by atoms with Gasteiger partial charge >= 0.3 is 6.03 Å². The maximum absolute atomic E-state index is 12.6. The van der Waals surface area contributed by atoms with E-state index in [0.717, 1.165) is 0 Å². The molecule has 3 aromatic carbocycles. The van der Waals surface area contributed by atoms with E-state index < -0.39 is 6.03 Å². The Kier molecular flexibility index (Phi) is 7.61. The number of benzene rings is 3. The largest absolute Gasteiger partial charge is 0.337 e. The first-order valence-electron chi connectivity index (χ1n) is 9.57. The average molecular weight is 437 g/mol. The summed E-state index contributed by atoms with van der Waals surface area (Å²) in [4.78, 5) is 36.8. The number of hydrogen-bond donors (Lipinski definition) is 4. The van der Waals surface area contributed by atoms with Crippen molar-refractivity contribution in [3.05, 3.63) is 89.4 Å². The van der Waals surface area contributed by atoms with E-state index in [1.54, 1.807) is 60.7 Å². The summed E-state index contributed by atoms with van der Waals surface area (Å²) < 4.78 is 0. The summed E-state index contributed by atoms with van der Waals surface area (Å²) in [5.74, 6) is -0.689. The summed E-state index contributed by atoms with van der Waals surface area (Å²) in [6.07, 6.45) is 0.0509. The van der Waals surface area contributed by atoms with Gasteiger partial charge in [-0.05, 0) is 48.5 Å². The Morgan fingerprint density at radius 2 is 1.35 bits per heavy atom. The molecule has 0 aliphatic heterocycles. The lowest BCUT2D eigenvalue weighted by molar-refractivity contribution is -0.116. The molecule has 0 atom stereocenters. The Balaban J connectivity index is 1.51. The van der Waals surface area contributed by atoms with Crippen LogP contribution < -0.4 is 21.3 Å². The monoisotopic (exact) mass is 436 g/mol. The van der Waals surface area contributed by atoms with Crippen LogP contribution in [0.15, 0.2) is 78.9 Å². The summed E-state index contributed by atoms with van der Waals surface area (Å²) in [7, 11) is 0. The van der Waals surface area contributed by atoms with Crippen molar-refractivity contribution in [3.63, 3.8) is 0 Å². The minimum atomic E-state index is -0.401. The van der Waals surface area contributed by atoms with Crippen LogP contribution in [0.1, 0.15) is 16.8 Å². The molecule has 0 aromatic heterocycles. The molecule has 31 heavy (non-hydrogen) atoms. The molecule has 8 heteroatoms. The average Bonchev–Trinajstić information content (AvgIpc) is 2.76. The summed E-state index contributed by atoms with van der Waals surface area (Å²) in [5.41, 5.74) is 1.95. The molecular weight excluding hydrogens is 416 g/mol. The van der Waals surface area contributed by atoms with Gasteiger partial charge in [0, 0.05) is 29.4 Å². The van der Waals surface area contributed by atoms with Gasteiger partial charge in [0.05, 0.1) is 11.3 Å². The highest BCUT2D eigenvalue weighted by Gasteiger charge is 2.13. The number of carbonyl (C=O) groups is 3. The molecule has 0 bridgehead atoms. The van der Waals surface area contributed by atoms with Gasteiger partial charge in [-0.15, -0.1) is 0 Å². The number of hydrogen-bond acceptors (Lipinski definition) is 3. The fraction of sp³-hybridized carbons (Fsp3) is 0.0870. The van der Waals surface area contributed by atoms with E-state index in [1.165, 1.54) is 0 Å². The number of anilines is 3. The topological polar surface area (TPSA) is 99.3 Å². The summed E-state index contributed by atoms with van der Waals surface area (Å²) in [5, 5.41) is 11.3. The number of halogens is 1. The van der Waals surface area contributed by atoms with Gasteiger partial charge in [0.25, 0.3) is 5.91 Å². The van der Waals surface area contributed by atoms with Crippen molar-refractivity contribution in [3.8, 4) is 0 Å². The molecule has 0 saturated heterocycles. The third kappa shape index (κ3) is 6.87. The molecular formula is C23H21ClN4O3. The van der Waals surface area contributed by atoms with E-state index in [4.69, 9.17) is 11.6 Å². The molecule has 0 radical (unpaired) electrons. The predicted octanol–water partition coefficient (Wildman–Crippen LogP) is 4.74. The van der Waals surface area contributed by atoms with E-state index in [2.05, 4.69) is 21.3 Å². The molecule has 3 rings (SSSR count). The number of rotatable bonds is 7. The summed E-state index contributed by atoms with van der Waals surface area (Å²) in [6.45, 7) is 0.142. The number of nitrogens with one attached hydrogen (secondary N) is 4. The maximum atomic E-state index is 12.6. The van der Waals surface area contributed by atoms with E-state index in [9.17, 15) is 14.4 Å². The lowest BCUT2D eigenvalue weighted by Gasteiger charge is -2.12. The quantitative estimate of drug-likeness (QED) is 0.430. The molecule has 3 aromatic rings. The summed E-state index contributed by atoms with van der Waals surface area (Å²) >= 11 is 5.86. The molecule has 0 aliphatic rings. The van der Waals surface area contributed by atoms with Crippen molar-refractivity contribution in [2.75, 3.05) is 22.5 Å². The second-order valence-electron chi connectivity index (χ2n) is 6.55. The highest BCUT2D eigenvalue weighted by molar-refractivity contribution is 6.30. The van der Waals surface area contributed by atoms with Crippen LogP contribution in [0.4, 0.5) is 21.9 Å². The molecule has 0 saturated carbocycles. The minimum absolute atomic E-state index is 0.0509. The second kappa shape index (κ2) is 10.8. The molecule has 0 unspecified atom stereocenters. The number of amides is 4. The lowest BCUT2D eigenvalue weighted by atomic mass is 10.1. The Bertz CT molecular complexity index is 1060. The molecule has 4 N–H and O–H groups in total. The van der Waals surface area contributed by atoms with Crippen LogP contribution in [-0.2, 0) is 4.79 Å². The molecule has 158 valence electrons. The van der Waals surface area contributed by atoms with Gasteiger partial charge in [-0.1, -0.05) is 41.9 Å². The minimum Gasteiger partial charge on any atom is -0.337 e. The molecule has 7 nitrogen and oxygen atoms in total. The fourth-order valence-corrected chi connectivity index (χ4v) is 2.85. The fourth-order valence-electron chi connectivity index (χ4n) is 2.72. The van der Waals surface area contributed by atoms with Gasteiger partial charge in [0.15, 0.2) is 0 Å². The van der Waals surface area contributed by atoms with Gasteiger partial charge in [-0.25, -0.2) is 4.79 Å². The zero-order valence-electron chi connectivity index (χ0n) is 16.5. The Morgan fingerprint density at radius 3 is 2.10 bits per heavy atom. The van der Waals surface area contributed by atoms with Gasteiger partial charge in [-0.3, -0.25) is 9.59 Å². The van der Waals surface area contributed by atoms with Gasteiger partial charge in [0.2, 0.25) is 5.91 Å². The Labute approximate surface area is 184 Å². The molecule has 0 spiro atoms. The zero-order chi connectivity index (χ0) is 22.1. The van der Waals surface area contributed by atoms with Crippen LogP contribution in [0.5, 0.6) is 0 Å². The normalized spacial score (nSPS) is 10.1. The Morgan fingerprint density at radius 1 is 0.710 bits per heavy atom. The van der Waals surface area contributed by atoms with Gasteiger partial charge in [-0.2, -0.15) is 0 Å². The lowest BCUT2D eigenvalue weighted by Crippen LogP contribution is -2.31.